The molecule has 146 valence electrons. The van der Waals surface area contributed by atoms with Gasteiger partial charge in [-0.2, -0.15) is 5.10 Å². The Hall–Kier alpha value is -3.61. The molecule has 1 aromatic heterocycles. The first-order chi connectivity index (χ1) is 14.1. The molecule has 0 unspecified atom stereocenters. The minimum Gasteiger partial charge on any atom is -0.497 e. The van der Waals surface area contributed by atoms with Crippen molar-refractivity contribution in [2.24, 2.45) is 5.10 Å². The number of nitrogens with zero attached hydrogens (tertiary/aromatic N) is 3. The van der Waals surface area contributed by atoms with E-state index < -0.39 is 6.04 Å². The monoisotopic (exact) mass is 388 g/mol. The standard InChI is InChI=1S/C22H20N4O3/c1-29-15-8-6-14(7-9-15)11-23-26-13-21(27)25-12-19-17(10-20(25)22(26)28)16-4-2-3-5-18(16)24-19/h2-9,11,20,24H,10,12-13H2,1H3/b23-11-/t20-/m1/s1. The molecule has 2 aliphatic rings. The third-order valence-electron chi connectivity index (χ3n) is 5.61. The van der Waals surface area contributed by atoms with Crippen LogP contribution in [0.1, 0.15) is 16.8 Å². The van der Waals surface area contributed by atoms with E-state index in [0.717, 1.165) is 33.5 Å². The number of ether oxygens (including phenoxy) is 1. The third-order valence-corrected chi connectivity index (χ3v) is 5.61. The smallest absolute Gasteiger partial charge is 0.266 e. The lowest BCUT2D eigenvalue weighted by Crippen LogP contribution is -2.60. The van der Waals surface area contributed by atoms with Crippen molar-refractivity contribution in [3.63, 3.8) is 0 Å². The van der Waals surface area contributed by atoms with Crippen LogP contribution >= 0.6 is 0 Å². The van der Waals surface area contributed by atoms with Crippen molar-refractivity contribution in [2.45, 2.75) is 19.0 Å². The van der Waals surface area contributed by atoms with Crippen LogP contribution in [0.15, 0.2) is 53.6 Å². The molecular formula is C22H20N4O3. The van der Waals surface area contributed by atoms with E-state index in [0.29, 0.717) is 13.0 Å². The molecule has 2 amide bonds. The number of hydrogen-bond acceptors (Lipinski definition) is 4. The predicted molar refractivity (Wildman–Crippen MR) is 109 cm³/mol. The Balaban J connectivity index is 1.41. The van der Waals surface area contributed by atoms with E-state index in [1.165, 1.54) is 5.01 Å². The first-order valence-corrected chi connectivity index (χ1v) is 9.51. The number of aromatic amines is 1. The zero-order valence-electron chi connectivity index (χ0n) is 16.0. The van der Waals surface area contributed by atoms with Crippen molar-refractivity contribution in [1.82, 2.24) is 14.9 Å². The number of benzene rings is 2. The van der Waals surface area contributed by atoms with E-state index in [1.807, 2.05) is 42.5 Å². The molecule has 29 heavy (non-hydrogen) atoms. The van der Waals surface area contributed by atoms with Gasteiger partial charge in [-0.1, -0.05) is 18.2 Å². The number of rotatable bonds is 3. The number of hydrazone groups is 1. The molecule has 3 heterocycles. The third kappa shape index (κ3) is 2.95. The van der Waals surface area contributed by atoms with Crippen LogP contribution in [0.4, 0.5) is 0 Å². The number of carbonyl (C=O) groups excluding carboxylic acids is 2. The SMILES string of the molecule is COc1ccc(/C=N\N2CC(=O)N3Cc4[nH]c5ccccc5c4C[C@@H]3C2=O)cc1. The number of carbonyl (C=O) groups is 2. The van der Waals surface area contributed by atoms with Gasteiger partial charge in [0, 0.05) is 23.0 Å². The maximum absolute atomic E-state index is 13.1. The molecule has 1 fully saturated rings. The highest BCUT2D eigenvalue weighted by atomic mass is 16.5. The number of amides is 2. The second-order valence-electron chi connectivity index (χ2n) is 7.28. The molecular weight excluding hydrogens is 368 g/mol. The fourth-order valence-corrected chi connectivity index (χ4v) is 4.08. The quantitative estimate of drug-likeness (QED) is 0.700. The molecule has 3 aromatic rings. The first kappa shape index (κ1) is 17.5. The van der Waals surface area contributed by atoms with Gasteiger partial charge in [-0.25, -0.2) is 5.01 Å². The predicted octanol–water partition coefficient (Wildman–Crippen LogP) is 2.31. The van der Waals surface area contributed by atoms with Crippen LogP contribution in [-0.4, -0.2) is 52.6 Å². The summed E-state index contributed by atoms with van der Waals surface area (Å²) in [7, 11) is 1.61. The van der Waals surface area contributed by atoms with Gasteiger partial charge in [0.1, 0.15) is 18.3 Å². The van der Waals surface area contributed by atoms with Gasteiger partial charge < -0.3 is 14.6 Å². The van der Waals surface area contributed by atoms with Crippen LogP contribution in [-0.2, 0) is 22.6 Å². The van der Waals surface area contributed by atoms with Crippen molar-refractivity contribution in [1.29, 1.82) is 0 Å². The summed E-state index contributed by atoms with van der Waals surface area (Å²) in [5, 5.41) is 6.70. The molecule has 0 bridgehead atoms. The lowest BCUT2D eigenvalue weighted by Gasteiger charge is -2.40. The number of fused-ring (bicyclic) bond motifs is 4. The van der Waals surface area contributed by atoms with E-state index in [2.05, 4.69) is 16.2 Å². The molecule has 1 atom stereocenters. The Morgan fingerprint density at radius 3 is 2.69 bits per heavy atom. The summed E-state index contributed by atoms with van der Waals surface area (Å²) in [6.07, 6.45) is 2.10. The van der Waals surface area contributed by atoms with E-state index >= 15 is 0 Å². The second kappa shape index (κ2) is 6.77. The summed E-state index contributed by atoms with van der Waals surface area (Å²) >= 11 is 0. The average Bonchev–Trinajstić information content (AvgIpc) is 3.12. The molecule has 1 N–H and O–H groups in total. The van der Waals surface area contributed by atoms with E-state index in [1.54, 1.807) is 18.2 Å². The molecule has 0 spiro atoms. The van der Waals surface area contributed by atoms with Gasteiger partial charge in [-0.3, -0.25) is 9.59 Å². The van der Waals surface area contributed by atoms with E-state index in [9.17, 15) is 9.59 Å². The number of aromatic nitrogens is 1. The Labute approximate surface area is 167 Å². The van der Waals surface area contributed by atoms with Gasteiger partial charge in [0.05, 0.1) is 19.9 Å². The minimum atomic E-state index is -0.518. The lowest BCUT2D eigenvalue weighted by molar-refractivity contribution is -0.157. The molecule has 0 aliphatic carbocycles. The highest BCUT2D eigenvalue weighted by molar-refractivity contribution is 5.97. The van der Waals surface area contributed by atoms with Crippen LogP contribution in [0.25, 0.3) is 10.9 Å². The van der Waals surface area contributed by atoms with Crippen molar-refractivity contribution in [3.8, 4) is 5.75 Å². The van der Waals surface area contributed by atoms with Gasteiger partial charge in [-0.15, -0.1) is 0 Å². The summed E-state index contributed by atoms with van der Waals surface area (Å²) in [6.45, 7) is 0.382. The van der Waals surface area contributed by atoms with Crippen molar-refractivity contribution in [3.05, 3.63) is 65.4 Å². The minimum absolute atomic E-state index is 0.0441. The van der Waals surface area contributed by atoms with Gasteiger partial charge in [0.2, 0.25) is 5.91 Å². The Bertz CT molecular complexity index is 1130. The van der Waals surface area contributed by atoms with Crippen LogP contribution in [0, 0.1) is 0 Å². The molecule has 2 aromatic carbocycles. The largest absolute Gasteiger partial charge is 0.497 e. The van der Waals surface area contributed by atoms with E-state index in [-0.39, 0.29) is 18.4 Å². The number of hydrogen-bond donors (Lipinski definition) is 1. The summed E-state index contributed by atoms with van der Waals surface area (Å²) in [5.74, 6) is 0.509. The topological polar surface area (TPSA) is 78.0 Å². The summed E-state index contributed by atoms with van der Waals surface area (Å²) in [4.78, 5) is 30.9. The van der Waals surface area contributed by atoms with Crippen LogP contribution < -0.4 is 4.74 Å². The number of methoxy groups -OCH3 is 1. The van der Waals surface area contributed by atoms with Crippen LogP contribution in [0.5, 0.6) is 5.75 Å². The Morgan fingerprint density at radius 2 is 1.90 bits per heavy atom. The zero-order valence-corrected chi connectivity index (χ0v) is 16.0. The van der Waals surface area contributed by atoms with Crippen molar-refractivity contribution >= 4 is 28.9 Å². The fourth-order valence-electron chi connectivity index (χ4n) is 4.08. The average molecular weight is 388 g/mol. The first-order valence-electron chi connectivity index (χ1n) is 9.51. The summed E-state index contributed by atoms with van der Waals surface area (Å²) in [6, 6.07) is 14.9. The molecule has 1 saturated heterocycles. The zero-order chi connectivity index (χ0) is 20.0. The molecule has 7 heteroatoms. The summed E-state index contributed by atoms with van der Waals surface area (Å²) in [5.41, 5.74) is 3.99. The highest BCUT2D eigenvalue weighted by Crippen LogP contribution is 2.32. The van der Waals surface area contributed by atoms with Crippen LogP contribution in [0.3, 0.4) is 0 Å². The van der Waals surface area contributed by atoms with Gasteiger partial charge in [0.15, 0.2) is 0 Å². The van der Waals surface area contributed by atoms with Crippen molar-refractivity contribution in [2.75, 3.05) is 13.7 Å². The maximum atomic E-state index is 13.1. The maximum Gasteiger partial charge on any atom is 0.266 e. The Kier molecular flexibility index (Phi) is 4.08. The number of H-pyrrole nitrogens is 1. The van der Waals surface area contributed by atoms with Gasteiger partial charge in [0.25, 0.3) is 5.91 Å². The number of para-hydroxylation sites is 1. The van der Waals surface area contributed by atoms with Gasteiger partial charge in [-0.05, 0) is 41.5 Å². The molecule has 2 aliphatic heterocycles. The normalized spacial score (nSPS) is 19.0. The molecule has 0 saturated carbocycles. The molecule has 5 rings (SSSR count). The number of nitrogens with one attached hydrogen (secondary N) is 1. The summed E-state index contributed by atoms with van der Waals surface area (Å²) < 4.78 is 5.14. The number of piperazine rings is 1. The van der Waals surface area contributed by atoms with Crippen molar-refractivity contribution < 1.29 is 14.3 Å². The lowest BCUT2D eigenvalue weighted by atomic mass is 9.94. The highest BCUT2D eigenvalue weighted by Gasteiger charge is 2.43. The Morgan fingerprint density at radius 1 is 1.10 bits per heavy atom. The molecule has 0 radical (unpaired) electrons. The molecule has 7 nitrogen and oxygen atoms in total. The second-order valence-corrected chi connectivity index (χ2v) is 7.28. The fraction of sp³-hybridized carbons (Fsp3) is 0.227. The van der Waals surface area contributed by atoms with E-state index in [4.69, 9.17) is 4.74 Å². The van der Waals surface area contributed by atoms with Crippen LogP contribution in [0.2, 0.25) is 0 Å². The van der Waals surface area contributed by atoms with Gasteiger partial charge >= 0.3 is 0 Å².